The number of rotatable bonds is 5. The molecule has 0 aliphatic carbocycles. The lowest BCUT2D eigenvalue weighted by atomic mass is 10.1. The van der Waals surface area contributed by atoms with Gasteiger partial charge in [-0.2, -0.15) is 0 Å². The van der Waals surface area contributed by atoms with E-state index in [-0.39, 0.29) is 5.97 Å². The van der Waals surface area contributed by atoms with Crippen molar-refractivity contribution in [3.63, 3.8) is 0 Å². The van der Waals surface area contributed by atoms with Crippen LogP contribution in [0.3, 0.4) is 0 Å². The number of nitrogens with two attached hydrogens (primary N) is 1. The second-order valence-corrected chi connectivity index (χ2v) is 6.37. The smallest absolute Gasteiger partial charge is 0.309 e. The molecule has 2 N–H and O–H groups in total. The molecule has 0 aliphatic heterocycles. The first-order valence-electron chi connectivity index (χ1n) is 6.41. The second kappa shape index (κ2) is 7.52. The molecule has 0 bridgehead atoms. The van der Waals surface area contributed by atoms with Crippen LogP contribution in [0.5, 0.6) is 0 Å². The number of ether oxygens (including phenoxy) is 1. The molecule has 0 spiro atoms. The lowest BCUT2D eigenvalue weighted by Gasteiger charge is -2.09. The molecule has 3 nitrogen and oxygen atoms in total. The SMILES string of the molecule is COC(=O)Cc1ccccc1CSc1ccc(N)cc1Br. The van der Waals surface area contributed by atoms with E-state index in [1.807, 2.05) is 42.5 Å². The molecule has 0 fully saturated rings. The van der Waals surface area contributed by atoms with Crippen molar-refractivity contribution in [1.82, 2.24) is 0 Å². The number of esters is 1. The number of methoxy groups -OCH3 is 1. The van der Waals surface area contributed by atoms with Gasteiger partial charge < -0.3 is 10.5 Å². The molecule has 0 amide bonds. The fourth-order valence-corrected chi connectivity index (χ4v) is 3.58. The summed E-state index contributed by atoms with van der Waals surface area (Å²) in [5.74, 6) is 0.566. The molecular formula is C16H16BrNO2S. The highest BCUT2D eigenvalue weighted by atomic mass is 79.9. The van der Waals surface area contributed by atoms with Gasteiger partial charge in [-0.25, -0.2) is 0 Å². The number of nitrogen functional groups attached to an aromatic ring is 1. The van der Waals surface area contributed by atoms with Crippen LogP contribution in [0.1, 0.15) is 11.1 Å². The highest BCUT2D eigenvalue weighted by molar-refractivity contribution is 9.10. The van der Waals surface area contributed by atoms with Crippen LogP contribution >= 0.6 is 27.7 Å². The first-order valence-corrected chi connectivity index (χ1v) is 8.19. The molecule has 2 rings (SSSR count). The molecule has 21 heavy (non-hydrogen) atoms. The number of anilines is 1. The van der Waals surface area contributed by atoms with E-state index in [9.17, 15) is 4.79 Å². The van der Waals surface area contributed by atoms with Gasteiger partial charge in [-0.15, -0.1) is 11.8 Å². The first-order chi connectivity index (χ1) is 10.1. The van der Waals surface area contributed by atoms with E-state index < -0.39 is 0 Å². The van der Waals surface area contributed by atoms with Gasteiger partial charge in [-0.1, -0.05) is 24.3 Å². The van der Waals surface area contributed by atoms with Gasteiger partial charge in [0.25, 0.3) is 0 Å². The Balaban J connectivity index is 2.11. The summed E-state index contributed by atoms with van der Waals surface area (Å²) >= 11 is 5.22. The Morgan fingerprint density at radius 3 is 2.62 bits per heavy atom. The third-order valence-electron chi connectivity index (χ3n) is 3.02. The van der Waals surface area contributed by atoms with Crippen molar-refractivity contribution in [2.75, 3.05) is 12.8 Å². The van der Waals surface area contributed by atoms with Crippen LogP contribution in [0.25, 0.3) is 0 Å². The Labute approximate surface area is 137 Å². The molecule has 2 aromatic carbocycles. The molecule has 0 atom stereocenters. The van der Waals surface area contributed by atoms with E-state index in [1.165, 1.54) is 7.11 Å². The molecule has 2 aromatic rings. The lowest BCUT2D eigenvalue weighted by Crippen LogP contribution is -2.06. The standard InChI is InChI=1S/C16H16BrNO2S/c1-20-16(19)8-11-4-2-3-5-12(11)10-21-15-7-6-13(18)9-14(15)17/h2-7,9H,8,10,18H2,1H3. The predicted molar refractivity (Wildman–Crippen MR) is 90.3 cm³/mol. The van der Waals surface area contributed by atoms with Gasteiger partial charge in [0.1, 0.15) is 0 Å². The van der Waals surface area contributed by atoms with Gasteiger partial charge in [0, 0.05) is 20.8 Å². The summed E-state index contributed by atoms with van der Waals surface area (Å²) < 4.78 is 5.72. The van der Waals surface area contributed by atoms with Crippen LogP contribution in [-0.2, 0) is 21.7 Å². The summed E-state index contributed by atoms with van der Waals surface area (Å²) in [6, 6.07) is 13.7. The third-order valence-corrected chi connectivity index (χ3v) is 5.06. The van der Waals surface area contributed by atoms with Crippen molar-refractivity contribution in [3.8, 4) is 0 Å². The maximum atomic E-state index is 11.4. The normalized spacial score (nSPS) is 10.4. The molecule has 0 aromatic heterocycles. The number of carbonyl (C=O) groups excluding carboxylic acids is 1. The summed E-state index contributed by atoms with van der Waals surface area (Å²) in [6.45, 7) is 0. The van der Waals surface area contributed by atoms with Crippen molar-refractivity contribution in [2.24, 2.45) is 0 Å². The van der Waals surface area contributed by atoms with E-state index in [0.29, 0.717) is 6.42 Å². The Morgan fingerprint density at radius 1 is 1.24 bits per heavy atom. The monoisotopic (exact) mass is 365 g/mol. The number of halogens is 1. The maximum Gasteiger partial charge on any atom is 0.309 e. The number of carbonyl (C=O) groups is 1. The highest BCUT2D eigenvalue weighted by Gasteiger charge is 2.09. The minimum atomic E-state index is -0.221. The summed E-state index contributed by atoms with van der Waals surface area (Å²) in [5, 5.41) is 0. The summed E-state index contributed by atoms with van der Waals surface area (Å²) in [5.41, 5.74) is 8.61. The first kappa shape index (κ1) is 15.9. The molecule has 0 radical (unpaired) electrons. The Kier molecular flexibility index (Phi) is 5.70. The number of hydrogen-bond donors (Lipinski definition) is 1. The second-order valence-electron chi connectivity index (χ2n) is 4.50. The summed E-state index contributed by atoms with van der Waals surface area (Å²) in [6.07, 6.45) is 0.302. The van der Waals surface area contributed by atoms with Gasteiger partial charge in [0.05, 0.1) is 13.5 Å². The maximum absolute atomic E-state index is 11.4. The van der Waals surface area contributed by atoms with Crippen LogP contribution < -0.4 is 5.73 Å². The van der Waals surface area contributed by atoms with E-state index >= 15 is 0 Å². The molecule has 5 heteroatoms. The highest BCUT2D eigenvalue weighted by Crippen LogP contribution is 2.32. The average Bonchev–Trinajstić information content (AvgIpc) is 2.47. The van der Waals surface area contributed by atoms with Gasteiger partial charge in [-0.05, 0) is 45.3 Å². The summed E-state index contributed by atoms with van der Waals surface area (Å²) in [4.78, 5) is 12.6. The van der Waals surface area contributed by atoms with Gasteiger partial charge >= 0.3 is 5.97 Å². The zero-order valence-electron chi connectivity index (χ0n) is 11.6. The van der Waals surface area contributed by atoms with E-state index in [0.717, 1.165) is 31.9 Å². The fourth-order valence-electron chi connectivity index (χ4n) is 1.89. The zero-order valence-corrected chi connectivity index (χ0v) is 14.0. The van der Waals surface area contributed by atoms with E-state index in [2.05, 4.69) is 15.9 Å². The Hall–Kier alpha value is -1.46. The van der Waals surface area contributed by atoms with Gasteiger partial charge in [0.2, 0.25) is 0 Å². The van der Waals surface area contributed by atoms with Gasteiger partial charge in [0.15, 0.2) is 0 Å². The molecule has 0 saturated heterocycles. The molecule has 110 valence electrons. The third kappa shape index (κ3) is 4.51. The van der Waals surface area contributed by atoms with Crippen LogP contribution in [0, 0.1) is 0 Å². The van der Waals surface area contributed by atoms with Crippen molar-refractivity contribution in [1.29, 1.82) is 0 Å². The molecule has 0 heterocycles. The van der Waals surface area contributed by atoms with Crippen molar-refractivity contribution in [3.05, 3.63) is 58.1 Å². The van der Waals surface area contributed by atoms with Crippen LogP contribution in [-0.4, -0.2) is 13.1 Å². The molecule has 0 saturated carbocycles. The lowest BCUT2D eigenvalue weighted by molar-refractivity contribution is -0.139. The van der Waals surface area contributed by atoms with Crippen molar-refractivity contribution < 1.29 is 9.53 Å². The van der Waals surface area contributed by atoms with E-state index in [4.69, 9.17) is 10.5 Å². The van der Waals surface area contributed by atoms with Crippen LogP contribution in [0.15, 0.2) is 51.8 Å². The quantitative estimate of drug-likeness (QED) is 0.493. The molecular weight excluding hydrogens is 350 g/mol. The minimum absolute atomic E-state index is 0.221. The minimum Gasteiger partial charge on any atom is -0.469 e. The molecule has 0 aliphatic rings. The number of hydrogen-bond acceptors (Lipinski definition) is 4. The summed E-state index contributed by atoms with van der Waals surface area (Å²) in [7, 11) is 1.41. The van der Waals surface area contributed by atoms with Crippen molar-refractivity contribution in [2.45, 2.75) is 17.1 Å². The zero-order chi connectivity index (χ0) is 15.2. The van der Waals surface area contributed by atoms with Crippen molar-refractivity contribution >= 4 is 39.3 Å². The Bertz CT molecular complexity index is 646. The predicted octanol–water partition coefficient (Wildman–Crippen LogP) is 4.04. The average molecular weight is 366 g/mol. The fraction of sp³-hybridized carbons (Fsp3) is 0.188. The number of thioether (sulfide) groups is 1. The molecule has 0 unspecified atom stereocenters. The van der Waals surface area contributed by atoms with Crippen LogP contribution in [0.2, 0.25) is 0 Å². The van der Waals surface area contributed by atoms with E-state index in [1.54, 1.807) is 11.8 Å². The van der Waals surface area contributed by atoms with Crippen LogP contribution in [0.4, 0.5) is 5.69 Å². The largest absolute Gasteiger partial charge is 0.469 e. The van der Waals surface area contributed by atoms with Gasteiger partial charge in [-0.3, -0.25) is 4.79 Å². The topological polar surface area (TPSA) is 52.3 Å². The number of benzene rings is 2. The Morgan fingerprint density at radius 2 is 1.95 bits per heavy atom.